The predicted molar refractivity (Wildman–Crippen MR) is 372 cm³/mol. The zero-order chi connectivity index (χ0) is 76.0. The third kappa shape index (κ3) is 30.0. The van der Waals surface area contributed by atoms with Crippen LogP contribution in [0.5, 0.6) is 18.0 Å². The Hall–Kier alpha value is -9.61. The van der Waals surface area contributed by atoms with Gasteiger partial charge in [0.25, 0.3) is 22.8 Å². The molecule has 3 unspecified atom stereocenters. The summed E-state index contributed by atoms with van der Waals surface area (Å²) in [6.45, 7) is 32.8. The molecule has 4 aliphatic heterocycles. The number of nitrogens with one attached hydrogen (secondary N) is 1. The molecule has 7 aliphatic rings. The van der Waals surface area contributed by atoms with Crippen molar-refractivity contribution >= 4 is 23.1 Å². The lowest BCUT2D eigenvalue weighted by atomic mass is 9.91. The highest BCUT2D eigenvalue weighted by atomic mass is 16.7. The molecule has 4 aromatic heterocycles. The first-order chi connectivity index (χ1) is 47.6. The van der Waals surface area contributed by atoms with Crippen molar-refractivity contribution in [2.75, 3.05) is 33.0 Å². The Kier molecular flexibility index (Phi) is 36.0. The van der Waals surface area contributed by atoms with E-state index < -0.39 is 25.8 Å². The van der Waals surface area contributed by atoms with E-state index in [0.29, 0.717) is 61.9 Å². The molecule has 8 heterocycles. The van der Waals surface area contributed by atoms with Gasteiger partial charge in [-0.1, -0.05) is 105 Å². The first-order valence-electron chi connectivity index (χ1n) is 33.6. The Balaban J connectivity index is 0.000000299. The summed E-state index contributed by atoms with van der Waals surface area (Å²) in [5.41, 5.74) is 4.61. The Morgan fingerprint density at radius 1 is 0.525 bits per heavy atom. The van der Waals surface area contributed by atoms with Gasteiger partial charge in [-0.15, -0.1) is 0 Å². The van der Waals surface area contributed by atoms with Crippen molar-refractivity contribution < 1.29 is 68.7 Å². The Labute approximate surface area is 585 Å². The maximum Gasteiger partial charge on any atom is 0.414 e. The van der Waals surface area contributed by atoms with Gasteiger partial charge in [-0.3, -0.25) is 54.2 Å². The van der Waals surface area contributed by atoms with E-state index in [-0.39, 0.29) is 111 Å². The van der Waals surface area contributed by atoms with Crippen LogP contribution in [0.1, 0.15) is 147 Å². The van der Waals surface area contributed by atoms with Crippen LogP contribution in [0.4, 0.5) is 23.1 Å². The van der Waals surface area contributed by atoms with E-state index in [0.717, 1.165) is 67.3 Å². The molecule has 35 heteroatoms. The van der Waals surface area contributed by atoms with E-state index in [2.05, 4.69) is 61.5 Å². The van der Waals surface area contributed by atoms with Gasteiger partial charge in [0.1, 0.15) is 31.3 Å². The van der Waals surface area contributed by atoms with Crippen LogP contribution in [0.3, 0.4) is 0 Å². The van der Waals surface area contributed by atoms with E-state index in [4.69, 9.17) is 29.2 Å². The third-order valence-corrected chi connectivity index (χ3v) is 16.8. The number of H-pyrrole nitrogens is 1. The van der Waals surface area contributed by atoms with Crippen LogP contribution in [-0.4, -0.2) is 135 Å². The normalized spacial score (nSPS) is 20.6. The van der Waals surface area contributed by atoms with Gasteiger partial charge >= 0.3 is 35.5 Å². The number of fused-ring (bicyclic) bond motifs is 3. The summed E-state index contributed by atoms with van der Waals surface area (Å²) in [5, 5.41) is 100. The highest BCUT2D eigenvalue weighted by molar-refractivity contribution is 5.33. The Morgan fingerprint density at radius 3 is 1.16 bits per heavy atom. The predicted octanol–water partition coefficient (Wildman–Crippen LogP) is 12.4. The van der Waals surface area contributed by atoms with Gasteiger partial charge in [0.05, 0.1) is 64.5 Å². The minimum atomic E-state index is -0.624. The molecule has 1 saturated heterocycles. The van der Waals surface area contributed by atoms with Crippen molar-refractivity contribution in [2.45, 2.75) is 186 Å². The third-order valence-electron chi connectivity index (χ3n) is 16.8. The van der Waals surface area contributed by atoms with Crippen LogP contribution in [-0.2, 0) is 24.4 Å². The number of aliphatic hydroxyl groups is 3. The fraction of sp³-hybridized carbons (Fsp3) is 0.621. The summed E-state index contributed by atoms with van der Waals surface area (Å²) in [4.78, 5) is 83.2. The van der Waals surface area contributed by atoms with Crippen molar-refractivity contribution in [2.24, 2.45) is 47.3 Å². The average molecular weight is 1430 g/mol. The molecule has 101 heavy (non-hydrogen) atoms. The number of imidazole rings is 3. The van der Waals surface area contributed by atoms with Crippen LogP contribution < -0.4 is 14.2 Å². The molecule has 0 saturated carbocycles. The fourth-order valence-corrected chi connectivity index (χ4v) is 9.86. The molecule has 1 fully saturated rings. The lowest BCUT2D eigenvalue weighted by molar-refractivity contribution is -0.419. The van der Waals surface area contributed by atoms with Crippen LogP contribution in [0.25, 0.3) is 0 Å². The smallest absolute Gasteiger partial charge is 0.414 e. The lowest BCUT2D eigenvalue weighted by Gasteiger charge is -2.17. The first-order valence-corrected chi connectivity index (χ1v) is 33.6. The average Bonchev–Trinajstić information content (AvgIpc) is 1.70. The topological polar surface area (TPSA) is 472 Å². The second-order valence-electron chi connectivity index (χ2n) is 25.9. The van der Waals surface area contributed by atoms with E-state index in [1.807, 2.05) is 48.5 Å². The molecule has 560 valence electrons. The number of ether oxygens (including phenoxy) is 4. The molecule has 35 nitrogen and oxygen atoms in total. The Morgan fingerprint density at radius 2 is 0.891 bits per heavy atom. The molecule has 4 aromatic rings. The van der Waals surface area contributed by atoms with Crippen LogP contribution in [0, 0.1) is 125 Å². The minimum absolute atomic E-state index is 0.0327. The summed E-state index contributed by atoms with van der Waals surface area (Å²) < 4.78 is 25.0. The molecule has 11 rings (SSSR count). The van der Waals surface area contributed by atoms with Gasteiger partial charge in [0.15, 0.2) is 0 Å². The highest BCUT2D eigenvalue weighted by Gasteiger charge is 2.30. The van der Waals surface area contributed by atoms with Crippen LogP contribution in [0.2, 0.25) is 0 Å². The molecular weight excluding hydrogens is 1320 g/mol. The van der Waals surface area contributed by atoms with E-state index in [1.165, 1.54) is 54.7 Å². The van der Waals surface area contributed by atoms with Crippen molar-refractivity contribution in [1.82, 2.24) is 33.6 Å². The largest absolute Gasteiger partial charge is 0.445 e. The number of epoxide rings is 1. The molecular formula is C66H100N14O21. The van der Waals surface area contributed by atoms with Crippen molar-refractivity contribution in [3.63, 3.8) is 0 Å². The maximum absolute atomic E-state index is 10.5. The van der Waals surface area contributed by atoms with E-state index >= 15 is 0 Å². The second-order valence-corrected chi connectivity index (χ2v) is 25.9. The SMILES string of the molecule is CC1=CC([N+](=O)[O-])=CC1C[C@@H](C)CO.CCC(C)CC.CC[C@H](C)CC1C=C([N+](=O)[O-])C=C1C.CC[C@H](O)CC1C=C([N+](=O)[O-])C=C1C.CC[C@H]1CO1.C[C@H]1COc2nc([N+](=O)[O-])cn2C1.C[C@H]1COc2nc([N+](=O)[O-])cn2C1.Cc1cc([N+](=O)[O-])c[nH]1.O=[N+]([O-])c1cn2c(n1)OC[C@H](O)C2. The molecule has 4 N–H and O–H groups in total. The maximum atomic E-state index is 10.5. The molecule has 10 atom stereocenters. The molecule has 3 aliphatic carbocycles. The number of rotatable bonds is 19. The summed E-state index contributed by atoms with van der Waals surface area (Å²) >= 11 is 0. The monoisotopic (exact) mass is 1420 g/mol. The number of hydrogen-bond acceptors (Lipinski definition) is 24. The Bertz CT molecular complexity index is 3270. The zero-order valence-electron chi connectivity index (χ0n) is 60.0. The molecule has 0 aromatic carbocycles. The number of hydrogen-bond donors (Lipinski definition) is 4. The van der Waals surface area contributed by atoms with Crippen LogP contribution >= 0.6 is 0 Å². The number of nitro groups is 7. The van der Waals surface area contributed by atoms with Gasteiger partial charge in [-0.2, -0.15) is 0 Å². The number of allylic oxidation sites excluding steroid dienone is 9. The zero-order valence-corrected chi connectivity index (χ0v) is 60.0. The quantitative estimate of drug-likeness (QED) is 0.0385. The summed E-state index contributed by atoms with van der Waals surface area (Å²) in [7, 11) is 0. The van der Waals surface area contributed by atoms with E-state index in [9.17, 15) is 75.9 Å². The number of aromatic amines is 1. The minimum Gasteiger partial charge on any atom is -0.445 e. The van der Waals surface area contributed by atoms with Gasteiger partial charge in [0, 0.05) is 112 Å². The number of aryl methyl sites for hydroxylation is 1. The van der Waals surface area contributed by atoms with Crippen LogP contribution in [0.15, 0.2) is 101 Å². The summed E-state index contributed by atoms with van der Waals surface area (Å²) in [5.74, 6) is 2.38. The van der Waals surface area contributed by atoms with Crippen molar-refractivity contribution in [3.8, 4) is 18.0 Å². The van der Waals surface area contributed by atoms with Gasteiger partial charge in [-0.25, -0.2) is 0 Å². The summed E-state index contributed by atoms with van der Waals surface area (Å²) in [6.07, 6.45) is 23.1. The van der Waals surface area contributed by atoms with Crippen molar-refractivity contribution in [3.05, 3.63) is 178 Å². The highest BCUT2D eigenvalue weighted by Crippen LogP contribution is 2.33. The number of aromatic nitrogens is 7. The lowest BCUT2D eigenvalue weighted by Crippen LogP contribution is -2.29. The van der Waals surface area contributed by atoms with Gasteiger partial charge in [0.2, 0.25) is 0 Å². The molecule has 0 spiro atoms. The number of nitrogens with zero attached hydrogens (tertiary/aromatic N) is 13. The second kappa shape index (κ2) is 42.5. The van der Waals surface area contributed by atoms with E-state index in [1.54, 1.807) is 52.5 Å². The van der Waals surface area contributed by atoms with Crippen molar-refractivity contribution in [1.29, 1.82) is 0 Å². The molecule has 0 amide bonds. The molecule has 0 bridgehead atoms. The molecule has 0 radical (unpaired) electrons. The van der Waals surface area contributed by atoms with Gasteiger partial charge < -0.3 is 69.6 Å². The number of aliphatic hydroxyl groups excluding tert-OH is 3. The summed E-state index contributed by atoms with van der Waals surface area (Å²) in [6, 6.07) is 2.38. The van der Waals surface area contributed by atoms with Gasteiger partial charge in [-0.05, 0) is 92.3 Å². The fourth-order valence-electron chi connectivity index (χ4n) is 9.86. The first kappa shape index (κ1) is 85.6. The standard InChI is InChI=1S/C11H17NO2.2C10H15NO3.2C7H9N3O3.C6H7N3O4.C6H14.C5H6N2O2.C4H8O/c1-4-8(2)5-10-7-11(12(13)14)6-9(10)3;1-7(6-12)3-9-5-10(11(13)14)4-8(9)2;1-3-10(12)6-8-5-9(11(13)14)4-7(8)2;2*1-5-2-9-3-6(10(11)12)8-7(9)13-4-5;10-4-1-8-2-5(9(11)12)7-6(8)13-3-4;1-4-6(3)5-2;1-4-2-5(3-6-4)7(8)9;1-2-4-3-5-4/h6-8,10H,4-5H2,1-3H3;4-5,7,9,12H,3,6H2,1-2H3;4-5,8,10,12H,3,6H2,1-2H3;2*3,5H,2,4H2,1H3;2,4,10H,1,3H2;6H,4-5H2,1-3H3;2-3,6H,1H3;4H,2-3H2,1H3/t8-,10?;7-,9?;8?,10-;2*5-;4-;;;4-/m010111..0/s1.